The van der Waals surface area contributed by atoms with Crippen LogP contribution in [-0.4, -0.2) is 33.9 Å². The van der Waals surface area contributed by atoms with Crippen molar-refractivity contribution >= 4 is 52.2 Å². The number of carbonyl (C=O) groups is 3. The second-order valence-corrected chi connectivity index (χ2v) is 9.18. The molecule has 0 aliphatic carbocycles. The van der Waals surface area contributed by atoms with Crippen LogP contribution in [0.5, 0.6) is 0 Å². The molecule has 1 saturated heterocycles. The number of nitrogens with one attached hydrogen (secondary N) is 2. The molecule has 168 valence electrons. The molecule has 0 bridgehead atoms. The predicted molar refractivity (Wildman–Crippen MR) is 136 cm³/mol. The highest BCUT2D eigenvalue weighted by atomic mass is 127. The molecule has 2 aromatic carbocycles. The summed E-state index contributed by atoms with van der Waals surface area (Å²) in [6.07, 6.45) is 1.66. The van der Waals surface area contributed by atoms with E-state index in [4.69, 9.17) is 0 Å². The summed E-state index contributed by atoms with van der Waals surface area (Å²) in [4.78, 5) is 38.6. The molecule has 4 amide bonds. The van der Waals surface area contributed by atoms with Crippen molar-refractivity contribution in [3.8, 4) is 5.69 Å². The van der Waals surface area contributed by atoms with Crippen molar-refractivity contribution in [3.63, 3.8) is 0 Å². The van der Waals surface area contributed by atoms with Crippen LogP contribution < -0.4 is 10.6 Å². The summed E-state index contributed by atoms with van der Waals surface area (Å²) < 4.78 is 3.22. The fourth-order valence-corrected chi connectivity index (χ4v) is 4.41. The van der Waals surface area contributed by atoms with E-state index in [9.17, 15) is 14.4 Å². The lowest BCUT2D eigenvalue weighted by Crippen LogP contribution is -2.38. The van der Waals surface area contributed by atoms with Crippen molar-refractivity contribution in [1.29, 1.82) is 0 Å². The number of aromatic nitrogens is 1. The van der Waals surface area contributed by atoms with Gasteiger partial charge in [-0.2, -0.15) is 0 Å². The highest BCUT2D eigenvalue weighted by Gasteiger charge is 2.35. The fourth-order valence-electron chi connectivity index (χ4n) is 3.88. The number of anilines is 1. The second kappa shape index (κ2) is 9.22. The van der Waals surface area contributed by atoms with Gasteiger partial charge in [0.1, 0.15) is 12.2 Å². The zero-order valence-corrected chi connectivity index (χ0v) is 20.6. The van der Waals surface area contributed by atoms with Gasteiger partial charge in [0.25, 0.3) is 5.91 Å². The normalized spacial score (nSPS) is 14.7. The number of rotatable bonds is 5. The topological polar surface area (TPSA) is 83.4 Å². The molecule has 1 fully saturated rings. The maximum absolute atomic E-state index is 12.9. The standard InChI is InChI=1S/C25H23IN4O3/c1-15-6-4-8-20(10-15)27-23(31)14-29-24(32)22(28-25(29)33)12-18-11-16(2)30(17(18)3)21-9-5-7-19(26)13-21/h4-13H,14H2,1-3H3,(H,27,31)(H,28,33)/b22-12+. The Morgan fingerprint density at radius 3 is 2.55 bits per heavy atom. The van der Waals surface area contributed by atoms with Gasteiger partial charge in [0.05, 0.1) is 0 Å². The lowest BCUT2D eigenvalue weighted by Gasteiger charge is -2.12. The van der Waals surface area contributed by atoms with Gasteiger partial charge in [-0.1, -0.05) is 18.2 Å². The third-order valence-corrected chi connectivity index (χ3v) is 6.07. The smallest absolute Gasteiger partial charge is 0.325 e. The highest BCUT2D eigenvalue weighted by Crippen LogP contribution is 2.25. The molecule has 2 heterocycles. The molecule has 1 aliphatic heterocycles. The van der Waals surface area contributed by atoms with E-state index in [2.05, 4.69) is 43.9 Å². The Hall–Kier alpha value is -3.40. The van der Waals surface area contributed by atoms with Crippen LogP contribution in [0.4, 0.5) is 10.5 Å². The van der Waals surface area contributed by atoms with Crippen LogP contribution >= 0.6 is 22.6 Å². The van der Waals surface area contributed by atoms with Crippen LogP contribution in [-0.2, 0) is 9.59 Å². The van der Waals surface area contributed by atoms with E-state index in [1.54, 1.807) is 12.1 Å². The van der Waals surface area contributed by atoms with Gasteiger partial charge in [-0.05, 0) is 97.0 Å². The molecule has 1 aromatic heterocycles. The van der Waals surface area contributed by atoms with Crippen LogP contribution in [0, 0.1) is 24.3 Å². The first-order valence-corrected chi connectivity index (χ1v) is 11.5. The summed E-state index contributed by atoms with van der Waals surface area (Å²) in [6, 6.07) is 16.8. The summed E-state index contributed by atoms with van der Waals surface area (Å²) in [5.74, 6) is -0.972. The second-order valence-electron chi connectivity index (χ2n) is 7.94. The van der Waals surface area contributed by atoms with E-state index >= 15 is 0 Å². The minimum atomic E-state index is -0.614. The van der Waals surface area contributed by atoms with E-state index in [0.717, 1.165) is 36.7 Å². The van der Waals surface area contributed by atoms with Gasteiger partial charge in [0, 0.05) is 26.3 Å². The number of benzene rings is 2. The first-order chi connectivity index (χ1) is 15.7. The van der Waals surface area contributed by atoms with Crippen LogP contribution in [0.3, 0.4) is 0 Å². The van der Waals surface area contributed by atoms with E-state index in [-0.39, 0.29) is 12.2 Å². The monoisotopic (exact) mass is 554 g/mol. The Bertz CT molecular complexity index is 1310. The highest BCUT2D eigenvalue weighted by molar-refractivity contribution is 14.1. The molecule has 0 unspecified atom stereocenters. The summed E-state index contributed by atoms with van der Waals surface area (Å²) in [5, 5.41) is 5.32. The quantitative estimate of drug-likeness (QED) is 0.276. The predicted octanol–water partition coefficient (Wildman–Crippen LogP) is 4.54. The number of hydrogen-bond acceptors (Lipinski definition) is 3. The first-order valence-electron chi connectivity index (χ1n) is 10.4. The molecule has 0 spiro atoms. The number of imide groups is 1. The Kier molecular flexibility index (Phi) is 6.37. The lowest BCUT2D eigenvalue weighted by molar-refractivity contribution is -0.127. The zero-order chi connectivity index (χ0) is 23.7. The van der Waals surface area contributed by atoms with E-state index in [1.165, 1.54) is 0 Å². The SMILES string of the molecule is Cc1cccc(NC(=O)CN2C(=O)N/C(=C/c3cc(C)n(-c4cccc(I)c4)c3C)C2=O)c1. The molecule has 1 aliphatic rings. The van der Waals surface area contributed by atoms with Gasteiger partial charge >= 0.3 is 6.03 Å². The molecule has 7 nitrogen and oxygen atoms in total. The van der Waals surface area contributed by atoms with Crippen molar-refractivity contribution in [2.45, 2.75) is 20.8 Å². The van der Waals surface area contributed by atoms with E-state index < -0.39 is 17.8 Å². The molecule has 0 saturated carbocycles. The minimum absolute atomic E-state index is 0.145. The van der Waals surface area contributed by atoms with Crippen molar-refractivity contribution in [3.05, 3.63) is 86.4 Å². The molecule has 2 N–H and O–H groups in total. The Labute approximate surface area is 205 Å². The van der Waals surface area contributed by atoms with Crippen LogP contribution in [0.15, 0.2) is 60.3 Å². The number of nitrogens with zero attached hydrogens (tertiary/aromatic N) is 2. The Morgan fingerprint density at radius 2 is 1.82 bits per heavy atom. The van der Waals surface area contributed by atoms with Gasteiger partial charge in [-0.25, -0.2) is 9.69 Å². The molecular formula is C25H23IN4O3. The van der Waals surface area contributed by atoms with Crippen LogP contribution in [0.1, 0.15) is 22.5 Å². The van der Waals surface area contributed by atoms with E-state index in [1.807, 2.05) is 63.2 Å². The zero-order valence-electron chi connectivity index (χ0n) is 18.5. The van der Waals surface area contributed by atoms with Gasteiger partial charge in [0.2, 0.25) is 5.91 Å². The van der Waals surface area contributed by atoms with Crippen molar-refractivity contribution < 1.29 is 14.4 Å². The third kappa shape index (κ3) is 4.85. The minimum Gasteiger partial charge on any atom is -0.325 e. The lowest BCUT2D eigenvalue weighted by atomic mass is 10.2. The van der Waals surface area contributed by atoms with E-state index in [0.29, 0.717) is 5.69 Å². The van der Waals surface area contributed by atoms with Crippen LogP contribution in [0.2, 0.25) is 0 Å². The van der Waals surface area contributed by atoms with Gasteiger partial charge < -0.3 is 15.2 Å². The average molecular weight is 554 g/mol. The number of aryl methyl sites for hydroxylation is 2. The number of hydrogen-bond donors (Lipinski definition) is 2. The summed E-state index contributed by atoms with van der Waals surface area (Å²) in [5.41, 5.74) is 5.55. The number of carbonyl (C=O) groups excluding carboxylic acids is 3. The number of halogens is 1. The Morgan fingerprint density at radius 1 is 1.06 bits per heavy atom. The summed E-state index contributed by atoms with van der Waals surface area (Å²) in [7, 11) is 0. The number of amides is 4. The Balaban J connectivity index is 1.53. The molecular weight excluding hydrogens is 531 g/mol. The number of urea groups is 1. The fraction of sp³-hybridized carbons (Fsp3) is 0.160. The van der Waals surface area contributed by atoms with Gasteiger partial charge in [0.15, 0.2) is 0 Å². The average Bonchev–Trinajstić information content (AvgIpc) is 3.17. The molecule has 4 rings (SSSR count). The van der Waals surface area contributed by atoms with Gasteiger partial charge in [-0.3, -0.25) is 9.59 Å². The van der Waals surface area contributed by atoms with Crippen molar-refractivity contribution in [2.75, 3.05) is 11.9 Å². The summed E-state index contributed by atoms with van der Waals surface area (Å²) in [6.45, 7) is 5.51. The molecule has 8 heteroatoms. The van der Waals surface area contributed by atoms with Crippen molar-refractivity contribution in [2.24, 2.45) is 0 Å². The first kappa shape index (κ1) is 22.8. The van der Waals surface area contributed by atoms with Crippen molar-refractivity contribution in [1.82, 2.24) is 14.8 Å². The molecule has 0 radical (unpaired) electrons. The maximum Gasteiger partial charge on any atom is 0.329 e. The summed E-state index contributed by atoms with van der Waals surface area (Å²) >= 11 is 2.27. The van der Waals surface area contributed by atoms with Gasteiger partial charge in [-0.15, -0.1) is 0 Å². The molecule has 0 atom stereocenters. The maximum atomic E-state index is 12.9. The molecule has 33 heavy (non-hydrogen) atoms. The third-order valence-electron chi connectivity index (χ3n) is 5.40. The largest absolute Gasteiger partial charge is 0.329 e. The molecule has 3 aromatic rings. The van der Waals surface area contributed by atoms with Crippen LogP contribution in [0.25, 0.3) is 11.8 Å².